The molecule has 0 aliphatic carbocycles. The van der Waals surface area contributed by atoms with Crippen LogP contribution in [-0.4, -0.2) is 29.5 Å². The molecule has 5 heteroatoms. The van der Waals surface area contributed by atoms with E-state index in [9.17, 15) is 9.90 Å². The van der Waals surface area contributed by atoms with E-state index in [1.807, 2.05) is 44.4 Å². The van der Waals surface area contributed by atoms with Crippen molar-refractivity contribution in [1.82, 2.24) is 5.32 Å². The van der Waals surface area contributed by atoms with Gasteiger partial charge in [0.1, 0.15) is 0 Å². The molecule has 1 aromatic rings. The number of carbonyl (C=O) groups is 1. The van der Waals surface area contributed by atoms with Crippen LogP contribution in [0.25, 0.3) is 0 Å². The van der Waals surface area contributed by atoms with Crippen LogP contribution in [0.15, 0.2) is 29.2 Å². The number of amides is 2. The summed E-state index contributed by atoms with van der Waals surface area (Å²) in [6.45, 7) is 5.77. The average Bonchev–Trinajstić information content (AvgIpc) is 2.36. The van der Waals surface area contributed by atoms with Gasteiger partial charge in [-0.1, -0.05) is 19.9 Å². The van der Waals surface area contributed by atoms with Gasteiger partial charge in [-0.2, -0.15) is 0 Å². The monoisotopic (exact) mass is 282 g/mol. The van der Waals surface area contributed by atoms with Gasteiger partial charge in [0.25, 0.3) is 0 Å². The van der Waals surface area contributed by atoms with Crippen LogP contribution >= 0.6 is 11.8 Å². The number of urea groups is 1. The maximum absolute atomic E-state index is 11.7. The van der Waals surface area contributed by atoms with Crippen LogP contribution < -0.4 is 10.6 Å². The highest BCUT2D eigenvalue weighted by Gasteiger charge is 2.25. The summed E-state index contributed by atoms with van der Waals surface area (Å²) < 4.78 is 0. The van der Waals surface area contributed by atoms with Gasteiger partial charge < -0.3 is 15.7 Å². The largest absolute Gasteiger partial charge is 0.388 e. The Morgan fingerprint density at radius 2 is 2.16 bits per heavy atom. The molecule has 1 unspecified atom stereocenters. The highest BCUT2D eigenvalue weighted by Crippen LogP contribution is 2.19. The molecule has 4 nitrogen and oxygen atoms in total. The Labute approximate surface area is 119 Å². The molecule has 0 fully saturated rings. The van der Waals surface area contributed by atoms with Crippen LogP contribution in [0.5, 0.6) is 0 Å². The van der Waals surface area contributed by atoms with Gasteiger partial charge in [0, 0.05) is 17.1 Å². The van der Waals surface area contributed by atoms with Crippen molar-refractivity contribution in [3.05, 3.63) is 24.3 Å². The first-order valence-corrected chi connectivity index (χ1v) is 7.49. The second kappa shape index (κ2) is 6.82. The second-order valence-electron chi connectivity index (χ2n) is 5.05. The Balaban J connectivity index is 2.51. The van der Waals surface area contributed by atoms with E-state index in [4.69, 9.17) is 0 Å². The fourth-order valence-corrected chi connectivity index (χ4v) is 1.80. The van der Waals surface area contributed by atoms with E-state index in [-0.39, 0.29) is 18.5 Å². The fourth-order valence-electron chi connectivity index (χ4n) is 1.34. The van der Waals surface area contributed by atoms with Gasteiger partial charge in [0.15, 0.2) is 0 Å². The molecule has 0 saturated heterocycles. The van der Waals surface area contributed by atoms with Crippen molar-refractivity contribution < 1.29 is 9.90 Å². The summed E-state index contributed by atoms with van der Waals surface area (Å²) in [5.41, 5.74) is -0.160. The molecule has 0 aliphatic heterocycles. The zero-order valence-corrected chi connectivity index (χ0v) is 12.7. The summed E-state index contributed by atoms with van der Waals surface area (Å²) in [7, 11) is 0. The Morgan fingerprint density at radius 3 is 2.74 bits per heavy atom. The average molecular weight is 282 g/mol. The summed E-state index contributed by atoms with van der Waals surface area (Å²) in [5, 5.41) is 15.5. The van der Waals surface area contributed by atoms with E-state index >= 15 is 0 Å². The molecule has 0 spiro atoms. The topological polar surface area (TPSA) is 61.4 Å². The summed E-state index contributed by atoms with van der Waals surface area (Å²) in [4.78, 5) is 12.8. The van der Waals surface area contributed by atoms with Crippen molar-refractivity contribution in [2.45, 2.75) is 31.3 Å². The number of carbonyl (C=O) groups excluding carboxylic acids is 1. The van der Waals surface area contributed by atoms with Gasteiger partial charge in [-0.25, -0.2) is 4.79 Å². The molecular weight excluding hydrogens is 260 g/mol. The number of anilines is 1. The van der Waals surface area contributed by atoms with Gasteiger partial charge >= 0.3 is 6.03 Å². The van der Waals surface area contributed by atoms with E-state index in [1.54, 1.807) is 18.7 Å². The van der Waals surface area contributed by atoms with E-state index in [1.165, 1.54) is 0 Å². The molecule has 1 rings (SSSR count). The number of benzene rings is 1. The first-order chi connectivity index (χ1) is 8.85. The number of rotatable bonds is 5. The highest BCUT2D eigenvalue weighted by atomic mass is 32.2. The minimum Gasteiger partial charge on any atom is -0.388 e. The van der Waals surface area contributed by atoms with Crippen LogP contribution in [-0.2, 0) is 0 Å². The lowest BCUT2D eigenvalue weighted by molar-refractivity contribution is 0.0170. The molecule has 106 valence electrons. The predicted octanol–water partition coefficient (Wildman–Crippen LogP) is 2.94. The highest BCUT2D eigenvalue weighted by molar-refractivity contribution is 7.98. The van der Waals surface area contributed by atoms with Gasteiger partial charge in [-0.3, -0.25) is 0 Å². The standard InChI is InChI=1S/C14H22N2O2S/c1-10(2)14(3,18)9-15-13(17)16-11-6-5-7-12(8-11)19-4/h5-8,10,18H,9H2,1-4H3,(H2,15,16,17). The number of hydrogen-bond acceptors (Lipinski definition) is 3. The zero-order valence-electron chi connectivity index (χ0n) is 11.9. The third kappa shape index (κ3) is 5.12. The molecule has 1 atom stereocenters. The summed E-state index contributed by atoms with van der Waals surface area (Å²) in [6, 6.07) is 7.31. The van der Waals surface area contributed by atoms with E-state index in [0.717, 1.165) is 10.6 Å². The van der Waals surface area contributed by atoms with Crippen LogP contribution in [0.1, 0.15) is 20.8 Å². The lowest BCUT2D eigenvalue weighted by atomic mass is 9.93. The molecule has 0 bridgehead atoms. The minimum atomic E-state index is -0.904. The molecular formula is C14H22N2O2S. The molecule has 0 radical (unpaired) electrons. The molecule has 3 N–H and O–H groups in total. The first-order valence-electron chi connectivity index (χ1n) is 6.26. The normalized spacial score (nSPS) is 14.0. The number of hydrogen-bond donors (Lipinski definition) is 3. The van der Waals surface area contributed by atoms with Crippen molar-refractivity contribution in [2.24, 2.45) is 5.92 Å². The molecule has 1 aromatic carbocycles. The Morgan fingerprint density at radius 1 is 1.47 bits per heavy atom. The Kier molecular flexibility index (Phi) is 5.69. The maximum Gasteiger partial charge on any atom is 0.319 e. The van der Waals surface area contributed by atoms with Gasteiger partial charge in [-0.15, -0.1) is 11.8 Å². The van der Waals surface area contributed by atoms with Gasteiger partial charge in [0.2, 0.25) is 0 Å². The molecule has 2 amide bonds. The van der Waals surface area contributed by atoms with Crippen LogP contribution in [0.4, 0.5) is 10.5 Å². The first kappa shape index (κ1) is 15.9. The van der Waals surface area contributed by atoms with E-state index < -0.39 is 5.60 Å². The zero-order chi connectivity index (χ0) is 14.5. The number of thioether (sulfide) groups is 1. The van der Waals surface area contributed by atoms with Crippen LogP contribution in [0.2, 0.25) is 0 Å². The molecule has 0 saturated carbocycles. The van der Waals surface area contributed by atoms with Crippen molar-refractivity contribution >= 4 is 23.5 Å². The van der Waals surface area contributed by atoms with Crippen molar-refractivity contribution in [3.63, 3.8) is 0 Å². The van der Waals surface area contributed by atoms with Gasteiger partial charge in [-0.05, 0) is 37.3 Å². The van der Waals surface area contributed by atoms with Crippen LogP contribution in [0.3, 0.4) is 0 Å². The molecule has 0 aromatic heterocycles. The second-order valence-corrected chi connectivity index (χ2v) is 5.93. The number of nitrogens with one attached hydrogen (secondary N) is 2. The summed E-state index contributed by atoms with van der Waals surface area (Å²) >= 11 is 1.62. The quantitative estimate of drug-likeness (QED) is 0.728. The molecule has 0 heterocycles. The third-order valence-corrected chi connectivity index (χ3v) is 3.90. The fraction of sp³-hybridized carbons (Fsp3) is 0.500. The lowest BCUT2D eigenvalue weighted by Crippen LogP contribution is -2.45. The third-order valence-electron chi connectivity index (χ3n) is 3.18. The Hall–Kier alpha value is -1.20. The predicted molar refractivity (Wildman–Crippen MR) is 80.7 cm³/mol. The SMILES string of the molecule is CSc1cccc(NC(=O)NCC(C)(O)C(C)C)c1. The van der Waals surface area contributed by atoms with Crippen LogP contribution in [0, 0.1) is 5.92 Å². The van der Waals surface area contributed by atoms with E-state index in [2.05, 4.69) is 10.6 Å². The van der Waals surface area contributed by atoms with Crippen molar-refractivity contribution in [3.8, 4) is 0 Å². The maximum atomic E-state index is 11.7. The summed E-state index contributed by atoms with van der Waals surface area (Å²) in [6.07, 6.45) is 1.99. The summed E-state index contributed by atoms with van der Waals surface area (Å²) in [5.74, 6) is 0.0765. The Bertz CT molecular complexity index is 433. The smallest absolute Gasteiger partial charge is 0.319 e. The lowest BCUT2D eigenvalue weighted by Gasteiger charge is -2.27. The van der Waals surface area contributed by atoms with E-state index in [0.29, 0.717) is 0 Å². The van der Waals surface area contributed by atoms with Crippen molar-refractivity contribution in [1.29, 1.82) is 0 Å². The van der Waals surface area contributed by atoms with Gasteiger partial charge in [0.05, 0.1) is 5.60 Å². The minimum absolute atomic E-state index is 0.0765. The van der Waals surface area contributed by atoms with Crippen molar-refractivity contribution in [2.75, 3.05) is 18.1 Å². The molecule has 0 aliphatic rings. The molecule has 19 heavy (non-hydrogen) atoms. The number of aliphatic hydroxyl groups is 1.